The van der Waals surface area contributed by atoms with Crippen LogP contribution in [0, 0.1) is 0 Å². The molecule has 0 radical (unpaired) electrons. The second kappa shape index (κ2) is 6.02. The van der Waals surface area contributed by atoms with Gasteiger partial charge >= 0.3 is 0 Å². The number of benzene rings is 2. The van der Waals surface area contributed by atoms with Gasteiger partial charge in [-0.05, 0) is 24.4 Å². The fourth-order valence-electron chi connectivity index (χ4n) is 2.60. The van der Waals surface area contributed by atoms with E-state index < -0.39 is 0 Å². The quantitative estimate of drug-likeness (QED) is 0.742. The number of aromatic hydroxyl groups is 1. The first-order valence-corrected chi connectivity index (χ1v) is 7.22. The molecule has 1 aromatic heterocycles. The molecule has 2 aromatic carbocycles. The van der Waals surface area contributed by atoms with Crippen molar-refractivity contribution in [1.82, 2.24) is 5.32 Å². The van der Waals surface area contributed by atoms with Crippen molar-refractivity contribution >= 4 is 10.8 Å². The Morgan fingerprint density at radius 3 is 2.76 bits per heavy atom. The molecule has 3 rings (SSSR count). The number of rotatable bonds is 5. The smallest absolute Gasteiger partial charge is 0.128 e. The molecule has 108 valence electrons. The largest absolute Gasteiger partial charge is 0.507 e. The van der Waals surface area contributed by atoms with Crippen molar-refractivity contribution in [2.24, 2.45) is 0 Å². The molecule has 3 aromatic rings. The topological polar surface area (TPSA) is 45.4 Å². The van der Waals surface area contributed by atoms with Crippen molar-refractivity contribution in [2.75, 3.05) is 6.54 Å². The lowest BCUT2D eigenvalue weighted by Crippen LogP contribution is -2.21. The summed E-state index contributed by atoms with van der Waals surface area (Å²) < 4.78 is 5.31. The molecule has 0 spiro atoms. The number of hydrogen-bond acceptors (Lipinski definition) is 3. The molecule has 2 N–H and O–H groups in total. The second-order valence-electron chi connectivity index (χ2n) is 5.23. The first-order chi connectivity index (χ1) is 10.3. The number of hydrogen-bond donors (Lipinski definition) is 2. The first kappa shape index (κ1) is 13.7. The number of nitrogens with one attached hydrogen (secondary N) is 1. The summed E-state index contributed by atoms with van der Waals surface area (Å²) in [5.74, 6) is 1.34. The van der Waals surface area contributed by atoms with Gasteiger partial charge in [0.15, 0.2) is 0 Å². The van der Waals surface area contributed by atoms with E-state index in [1.807, 2.05) is 42.5 Å². The molecule has 3 nitrogen and oxygen atoms in total. The van der Waals surface area contributed by atoms with E-state index in [9.17, 15) is 5.11 Å². The van der Waals surface area contributed by atoms with Crippen LogP contribution in [-0.4, -0.2) is 11.7 Å². The molecule has 0 saturated carbocycles. The summed E-state index contributed by atoms with van der Waals surface area (Å²) in [6, 6.07) is 15.9. The lowest BCUT2D eigenvalue weighted by atomic mass is 10.0. The summed E-state index contributed by atoms with van der Waals surface area (Å²) in [5, 5.41) is 15.8. The highest BCUT2D eigenvalue weighted by molar-refractivity contribution is 5.89. The van der Waals surface area contributed by atoms with E-state index in [1.54, 1.807) is 6.26 Å². The monoisotopic (exact) mass is 281 g/mol. The first-order valence-electron chi connectivity index (χ1n) is 7.22. The molecule has 1 unspecified atom stereocenters. The van der Waals surface area contributed by atoms with Crippen molar-refractivity contribution in [3.8, 4) is 5.75 Å². The molecule has 1 heterocycles. The van der Waals surface area contributed by atoms with E-state index in [4.69, 9.17) is 4.42 Å². The molecule has 21 heavy (non-hydrogen) atoms. The van der Waals surface area contributed by atoms with Gasteiger partial charge in [0, 0.05) is 30.0 Å². The summed E-state index contributed by atoms with van der Waals surface area (Å²) in [6.45, 7) is 2.87. The van der Waals surface area contributed by atoms with Crippen molar-refractivity contribution in [3.63, 3.8) is 0 Å². The van der Waals surface area contributed by atoms with Crippen LogP contribution < -0.4 is 5.32 Å². The zero-order valence-electron chi connectivity index (χ0n) is 12.0. The Hall–Kier alpha value is -2.26. The van der Waals surface area contributed by atoms with Crippen LogP contribution in [0.1, 0.15) is 24.3 Å². The van der Waals surface area contributed by atoms with Crippen LogP contribution in [0.15, 0.2) is 59.2 Å². The molecular formula is C18H19NO2. The van der Waals surface area contributed by atoms with Crippen molar-refractivity contribution in [1.29, 1.82) is 0 Å². The van der Waals surface area contributed by atoms with Crippen molar-refractivity contribution < 1.29 is 9.52 Å². The number of phenols is 1. The van der Waals surface area contributed by atoms with E-state index in [0.717, 1.165) is 35.1 Å². The molecule has 0 aliphatic carbocycles. The number of furan rings is 1. The summed E-state index contributed by atoms with van der Waals surface area (Å²) in [6.07, 6.45) is 2.53. The van der Waals surface area contributed by atoms with E-state index >= 15 is 0 Å². The van der Waals surface area contributed by atoms with Gasteiger partial charge in [-0.15, -0.1) is 0 Å². The molecular weight excluding hydrogens is 262 g/mol. The molecule has 0 aliphatic heterocycles. The Morgan fingerprint density at radius 2 is 1.95 bits per heavy atom. The minimum absolute atomic E-state index is 0.0876. The van der Waals surface area contributed by atoms with E-state index in [-0.39, 0.29) is 6.04 Å². The summed E-state index contributed by atoms with van der Waals surface area (Å²) >= 11 is 0. The maximum absolute atomic E-state index is 10.4. The highest BCUT2D eigenvalue weighted by Crippen LogP contribution is 2.32. The molecule has 0 saturated heterocycles. The maximum Gasteiger partial charge on any atom is 0.128 e. The van der Waals surface area contributed by atoms with Crippen LogP contribution in [0.25, 0.3) is 10.8 Å². The lowest BCUT2D eigenvalue weighted by Gasteiger charge is -2.16. The fourth-order valence-corrected chi connectivity index (χ4v) is 2.60. The van der Waals surface area contributed by atoms with Gasteiger partial charge in [0.05, 0.1) is 6.26 Å². The van der Waals surface area contributed by atoms with Gasteiger partial charge < -0.3 is 14.8 Å². The third-order valence-corrected chi connectivity index (χ3v) is 3.80. The van der Waals surface area contributed by atoms with Crippen LogP contribution in [0.3, 0.4) is 0 Å². The number of phenolic OH excluding ortho intramolecular Hbond substituents is 1. The van der Waals surface area contributed by atoms with Gasteiger partial charge in [0.2, 0.25) is 0 Å². The van der Waals surface area contributed by atoms with Crippen molar-refractivity contribution in [2.45, 2.75) is 19.4 Å². The average molecular weight is 281 g/mol. The van der Waals surface area contributed by atoms with Gasteiger partial charge in [0.1, 0.15) is 11.5 Å². The predicted octanol–water partition coefficient (Wildman–Crippen LogP) is 4.03. The molecule has 0 amide bonds. The minimum atomic E-state index is 0.0876. The highest BCUT2D eigenvalue weighted by Gasteiger charge is 2.12. The normalized spacial score (nSPS) is 12.6. The predicted molar refractivity (Wildman–Crippen MR) is 84.4 cm³/mol. The Kier molecular flexibility index (Phi) is 3.93. The summed E-state index contributed by atoms with van der Waals surface area (Å²) in [5.41, 5.74) is 0.924. The van der Waals surface area contributed by atoms with Crippen LogP contribution in [0.5, 0.6) is 5.75 Å². The molecule has 0 aliphatic rings. The lowest BCUT2D eigenvalue weighted by molar-refractivity contribution is 0.453. The number of fused-ring (bicyclic) bond motifs is 1. The fraction of sp³-hybridized carbons (Fsp3) is 0.222. The van der Waals surface area contributed by atoms with Gasteiger partial charge in [-0.1, -0.05) is 36.4 Å². The van der Waals surface area contributed by atoms with Gasteiger partial charge in [-0.25, -0.2) is 0 Å². The summed E-state index contributed by atoms with van der Waals surface area (Å²) in [4.78, 5) is 0. The average Bonchev–Trinajstić information content (AvgIpc) is 3.01. The van der Waals surface area contributed by atoms with Crippen LogP contribution in [0.4, 0.5) is 0 Å². The maximum atomic E-state index is 10.4. The molecule has 0 fully saturated rings. The molecule has 1 atom stereocenters. The van der Waals surface area contributed by atoms with Gasteiger partial charge in [-0.2, -0.15) is 0 Å². The van der Waals surface area contributed by atoms with Crippen LogP contribution in [0.2, 0.25) is 0 Å². The zero-order valence-corrected chi connectivity index (χ0v) is 12.0. The van der Waals surface area contributed by atoms with Gasteiger partial charge in [-0.3, -0.25) is 0 Å². The SMILES string of the molecule is CC(NCCc1ccco1)c1ccc2ccccc2c1O. The standard InChI is InChI=1S/C18H19NO2/c1-13(19-11-10-15-6-4-12-21-15)16-9-8-14-5-2-3-7-17(14)18(16)20/h2-9,12-13,19-20H,10-11H2,1H3. The summed E-state index contributed by atoms with van der Waals surface area (Å²) in [7, 11) is 0. The Morgan fingerprint density at radius 1 is 1.10 bits per heavy atom. The third kappa shape index (κ3) is 2.93. The zero-order chi connectivity index (χ0) is 14.7. The second-order valence-corrected chi connectivity index (χ2v) is 5.23. The van der Waals surface area contributed by atoms with Crippen LogP contribution in [-0.2, 0) is 6.42 Å². The Labute approximate surface area is 124 Å². The Bertz CT molecular complexity index is 719. The van der Waals surface area contributed by atoms with Crippen LogP contribution >= 0.6 is 0 Å². The van der Waals surface area contributed by atoms with E-state index in [2.05, 4.69) is 18.3 Å². The van der Waals surface area contributed by atoms with E-state index in [0.29, 0.717) is 5.75 Å². The molecule has 3 heteroatoms. The van der Waals surface area contributed by atoms with Crippen molar-refractivity contribution in [3.05, 3.63) is 66.1 Å². The molecule has 0 bridgehead atoms. The van der Waals surface area contributed by atoms with E-state index in [1.165, 1.54) is 0 Å². The highest BCUT2D eigenvalue weighted by atomic mass is 16.3. The minimum Gasteiger partial charge on any atom is -0.507 e. The van der Waals surface area contributed by atoms with Gasteiger partial charge in [0.25, 0.3) is 0 Å². The Balaban J connectivity index is 1.72. The third-order valence-electron chi connectivity index (χ3n) is 3.80.